The summed E-state index contributed by atoms with van der Waals surface area (Å²) < 4.78 is 13.4. The lowest BCUT2D eigenvalue weighted by Gasteiger charge is -2.27. The first-order chi connectivity index (χ1) is 13.7. The first-order valence-electron chi connectivity index (χ1n) is 9.34. The molecule has 1 aliphatic heterocycles. The Hall–Kier alpha value is -3.25. The molecule has 0 saturated carbocycles. The Kier molecular flexibility index (Phi) is 4.06. The van der Waals surface area contributed by atoms with Gasteiger partial charge in [0.25, 0.3) is 0 Å². The molecule has 2 aromatic carbocycles. The molecule has 0 bridgehead atoms. The molecule has 4 aromatic rings. The quantitative estimate of drug-likeness (QED) is 0.534. The molecule has 140 valence electrons. The number of benzene rings is 2. The number of halogens is 1. The lowest BCUT2D eigenvalue weighted by Crippen LogP contribution is -2.31. The minimum Gasteiger partial charge on any atom is -0.399 e. The number of nitrogens with one attached hydrogen (secondary N) is 1. The number of aromatic amines is 1. The van der Waals surface area contributed by atoms with Crippen LogP contribution < -0.4 is 5.73 Å². The van der Waals surface area contributed by atoms with E-state index in [0.29, 0.717) is 0 Å². The lowest BCUT2D eigenvalue weighted by molar-refractivity contribution is 0.242. The average Bonchev–Trinajstić information content (AvgIpc) is 3.09. The van der Waals surface area contributed by atoms with E-state index in [2.05, 4.69) is 14.9 Å². The molecule has 3 heterocycles. The molecule has 5 nitrogen and oxygen atoms in total. The van der Waals surface area contributed by atoms with E-state index < -0.39 is 0 Å². The highest BCUT2D eigenvalue weighted by atomic mass is 19.1. The van der Waals surface area contributed by atoms with Crippen LogP contribution in [0, 0.1) is 5.82 Å². The van der Waals surface area contributed by atoms with Crippen molar-refractivity contribution in [2.75, 3.05) is 12.3 Å². The van der Waals surface area contributed by atoms with Crippen molar-refractivity contribution >= 4 is 16.6 Å². The Morgan fingerprint density at radius 1 is 1.14 bits per heavy atom. The zero-order chi connectivity index (χ0) is 19.1. The second kappa shape index (κ2) is 6.73. The topological polar surface area (TPSA) is 70.8 Å². The Bertz CT molecular complexity index is 1150. The van der Waals surface area contributed by atoms with Crippen LogP contribution in [0.4, 0.5) is 10.1 Å². The summed E-state index contributed by atoms with van der Waals surface area (Å²) in [5, 5.41) is 1.07. The van der Waals surface area contributed by atoms with E-state index in [9.17, 15) is 4.39 Å². The zero-order valence-electron chi connectivity index (χ0n) is 15.3. The van der Waals surface area contributed by atoms with Crippen LogP contribution in [-0.2, 0) is 19.5 Å². The van der Waals surface area contributed by atoms with Crippen LogP contribution in [0.1, 0.15) is 16.8 Å². The monoisotopic (exact) mass is 373 g/mol. The standard InChI is InChI=1S/C22H20FN5/c23-17-3-6-19-16(11-25-20(19)9-17)12-28-8-7-15-10-26-22(27-21(15)13-28)14-1-4-18(24)5-2-14/h1-6,9-11,25H,7-8,12-13,24H2. The number of hydrogen-bond donors (Lipinski definition) is 2. The third-order valence-electron chi connectivity index (χ3n) is 5.32. The third kappa shape index (κ3) is 3.12. The Labute approximate surface area is 162 Å². The van der Waals surface area contributed by atoms with Gasteiger partial charge in [0, 0.05) is 54.2 Å². The number of fused-ring (bicyclic) bond motifs is 2. The fourth-order valence-electron chi connectivity index (χ4n) is 3.79. The van der Waals surface area contributed by atoms with Crippen molar-refractivity contribution < 1.29 is 4.39 Å². The molecule has 0 atom stereocenters. The fourth-order valence-corrected chi connectivity index (χ4v) is 3.79. The number of hydrogen-bond acceptors (Lipinski definition) is 4. The van der Waals surface area contributed by atoms with Gasteiger partial charge in [0.05, 0.1) is 5.69 Å². The molecule has 0 fully saturated rings. The van der Waals surface area contributed by atoms with Crippen LogP contribution >= 0.6 is 0 Å². The number of aromatic nitrogens is 3. The van der Waals surface area contributed by atoms with Gasteiger partial charge in [-0.25, -0.2) is 14.4 Å². The fraction of sp³-hybridized carbons (Fsp3) is 0.182. The smallest absolute Gasteiger partial charge is 0.159 e. The van der Waals surface area contributed by atoms with Crippen molar-refractivity contribution in [1.82, 2.24) is 19.9 Å². The lowest BCUT2D eigenvalue weighted by atomic mass is 10.0. The molecule has 6 heteroatoms. The van der Waals surface area contributed by atoms with Crippen molar-refractivity contribution in [3.8, 4) is 11.4 Å². The molecule has 0 radical (unpaired) electrons. The molecule has 0 saturated heterocycles. The van der Waals surface area contributed by atoms with Crippen molar-refractivity contribution in [2.45, 2.75) is 19.5 Å². The van der Waals surface area contributed by atoms with E-state index in [0.717, 1.165) is 59.7 Å². The second-order valence-corrected chi connectivity index (χ2v) is 7.25. The van der Waals surface area contributed by atoms with Crippen LogP contribution in [0.25, 0.3) is 22.3 Å². The van der Waals surface area contributed by atoms with Gasteiger partial charge in [0.2, 0.25) is 0 Å². The minimum atomic E-state index is -0.223. The number of nitrogens with two attached hydrogens (primary N) is 1. The van der Waals surface area contributed by atoms with Crippen molar-refractivity contribution in [2.24, 2.45) is 0 Å². The van der Waals surface area contributed by atoms with Gasteiger partial charge in [-0.3, -0.25) is 4.90 Å². The predicted molar refractivity (Wildman–Crippen MR) is 108 cm³/mol. The van der Waals surface area contributed by atoms with Crippen molar-refractivity contribution in [3.63, 3.8) is 0 Å². The molecule has 0 unspecified atom stereocenters. The largest absolute Gasteiger partial charge is 0.399 e. The van der Waals surface area contributed by atoms with Crippen LogP contribution in [0.15, 0.2) is 54.9 Å². The molecule has 2 aromatic heterocycles. The van der Waals surface area contributed by atoms with Gasteiger partial charge in [0.1, 0.15) is 5.82 Å². The summed E-state index contributed by atoms with van der Waals surface area (Å²) >= 11 is 0. The van der Waals surface area contributed by atoms with Gasteiger partial charge in [0.15, 0.2) is 5.82 Å². The zero-order valence-corrected chi connectivity index (χ0v) is 15.3. The van der Waals surface area contributed by atoms with Gasteiger partial charge >= 0.3 is 0 Å². The van der Waals surface area contributed by atoms with Crippen LogP contribution in [0.3, 0.4) is 0 Å². The van der Waals surface area contributed by atoms with Gasteiger partial charge < -0.3 is 10.7 Å². The summed E-state index contributed by atoms with van der Waals surface area (Å²) in [6.07, 6.45) is 4.84. The number of nitrogens with zero attached hydrogens (tertiary/aromatic N) is 3. The summed E-state index contributed by atoms with van der Waals surface area (Å²) in [6, 6.07) is 12.5. The molecular weight excluding hydrogens is 353 g/mol. The predicted octanol–water partition coefficient (Wildman–Crippen LogP) is 3.90. The Balaban J connectivity index is 1.39. The summed E-state index contributed by atoms with van der Waals surface area (Å²) in [4.78, 5) is 14.9. The highest BCUT2D eigenvalue weighted by Gasteiger charge is 2.20. The average molecular weight is 373 g/mol. The summed E-state index contributed by atoms with van der Waals surface area (Å²) in [6.45, 7) is 2.52. The number of H-pyrrole nitrogens is 1. The Morgan fingerprint density at radius 3 is 2.86 bits per heavy atom. The van der Waals surface area contributed by atoms with E-state index >= 15 is 0 Å². The van der Waals surface area contributed by atoms with Gasteiger partial charge in [-0.2, -0.15) is 0 Å². The van der Waals surface area contributed by atoms with Gasteiger partial charge in [-0.05, 0) is 60.0 Å². The highest BCUT2D eigenvalue weighted by Crippen LogP contribution is 2.25. The first kappa shape index (κ1) is 16.9. The summed E-state index contributed by atoms with van der Waals surface area (Å²) in [5.41, 5.74) is 11.7. The SMILES string of the molecule is Nc1ccc(-c2ncc3c(n2)CN(Cc2c[nH]c4cc(F)ccc24)CC3)cc1. The summed E-state index contributed by atoms with van der Waals surface area (Å²) in [7, 11) is 0. The van der Waals surface area contributed by atoms with Gasteiger partial charge in [-0.1, -0.05) is 0 Å². The van der Waals surface area contributed by atoms with Gasteiger partial charge in [-0.15, -0.1) is 0 Å². The van der Waals surface area contributed by atoms with Crippen LogP contribution in [0.2, 0.25) is 0 Å². The van der Waals surface area contributed by atoms with Crippen molar-refractivity contribution in [1.29, 1.82) is 0 Å². The Morgan fingerprint density at radius 2 is 2.00 bits per heavy atom. The number of nitrogen functional groups attached to an aromatic ring is 1. The normalized spacial score (nSPS) is 14.3. The highest BCUT2D eigenvalue weighted by molar-refractivity contribution is 5.83. The maximum atomic E-state index is 13.4. The third-order valence-corrected chi connectivity index (χ3v) is 5.32. The van der Waals surface area contributed by atoms with E-state index in [4.69, 9.17) is 10.7 Å². The van der Waals surface area contributed by atoms with E-state index in [1.54, 1.807) is 0 Å². The molecule has 3 N–H and O–H groups in total. The number of rotatable bonds is 3. The maximum Gasteiger partial charge on any atom is 0.159 e. The molecule has 0 aliphatic carbocycles. The van der Waals surface area contributed by atoms with Crippen LogP contribution in [0.5, 0.6) is 0 Å². The molecular formula is C22H20FN5. The molecule has 0 spiro atoms. The molecule has 5 rings (SSSR count). The molecule has 1 aliphatic rings. The number of anilines is 1. The molecule has 0 amide bonds. The second-order valence-electron chi connectivity index (χ2n) is 7.25. The van der Waals surface area contributed by atoms with Crippen LogP contribution in [-0.4, -0.2) is 26.4 Å². The summed E-state index contributed by atoms with van der Waals surface area (Å²) in [5.74, 6) is 0.503. The molecule has 28 heavy (non-hydrogen) atoms. The van der Waals surface area contributed by atoms with E-state index in [1.165, 1.54) is 23.3 Å². The minimum absolute atomic E-state index is 0.223. The van der Waals surface area contributed by atoms with E-state index in [1.807, 2.05) is 42.7 Å². The van der Waals surface area contributed by atoms with Crippen molar-refractivity contribution in [3.05, 3.63) is 77.5 Å². The first-order valence-corrected chi connectivity index (χ1v) is 9.34. The maximum absolute atomic E-state index is 13.4. The van der Waals surface area contributed by atoms with E-state index in [-0.39, 0.29) is 5.82 Å².